The molecule has 8 heteroatoms. The first-order chi connectivity index (χ1) is 13.4. The summed E-state index contributed by atoms with van der Waals surface area (Å²) in [5, 5.41) is 0.465. The van der Waals surface area contributed by atoms with E-state index in [-0.39, 0.29) is 40.9 Å². The summed E-state index contributed by atoms with van der Waals surface area (Å²) in [6.45, 7) is 0.507. The van der Waals surface area contributed by atoms with E-state index in [0.29, 0.717) is 17.3 Å². The Morgan fingerprint density at radius 2 is 1.79 bits per heavy atom. The molecule has 0 radical (unpaired) electrons. The van der Waals surface area contributed by atoms with Gasteiger partial charge in [-0.1, -0.05) is 54.2 Å². The van der Waals surface area contributed by atoms with Crippen LogP contribution in [0.1, 0.15) is 11.1 Å². The third-order valence-electron chi connectivity index (χ3n) is 4.86. The summed E-state index contributed by atoms with van der Waals surface area (Å²) in [5.41, 5.74) is 1.72. The molecule has 0 spiro atoms. The van der Waals surface area contributed by atoms with E-state index in [1.165, 1.54) is 23.9 Å². The van der Waals surface area contributed by atoms with Crippen LogP contribution < -0.4 is 0 Å². The summed E-state index contributed by atoms with van der Waals surface area (Å²) in [7, 11) is -3.07. The maximum absolute atomic E-state index is 13.0. The second kappa shape index (κ2) is 7.67. The molecule has 2 aromatic carbocycles. The van der Waals surface area contributed by atoms with E-state index in [0.717, 1.165) is 5.56 Å². The number of halogens is 1. The molecule has 0 aromatic heterocycles. The van der Waals surface area contributed by atoms with Gasteiger partial charge in [0.15, 0.2) is 15.0 Å². The van der Waals surface area contributed by atoms with Crippen LogP contribution in [0.25, 0.3) is 0 Å². The third kappa shape index (κ3) is 4.28. The Labute approximate surface area is 167 Å². The molecule has 1 amide bonds. The lowest BCUT2D eigenvalue weighted by molar-refractivity contribution is -0.117. The summed E-state index contributed by atoms with van der Waals surface area (Å²) in [5.74, 6) is -0.478. The number of hydrogen-bond donors (Lipinski definition) is 0. The summed E-state index contributed by atoms with van der Waals surface area (Å²) in [6, 6.07) is 15.3. The van der Waals surface area contributed by atoms with Gasteiger partial charge in [0.05, 0.1) is 24.0 Å². The first-order valence-corrected chi connectivity index (χ1v) is 11.6. The van der Waals surface area contributed by atoms with Crippen LogP contribution in [0.2, 0.25) is 0 Å². The van der Waals surface area contributed by atoms with Gasteiger partial charge in [-0.05, 0) is 23.3 Å². The Bertz CT molecular complexity index is 1010. The molecule has 0 saturated carbocycles. The summed E-state index contributed by atoms with van der Waals surface area (Å²) >= 11 is 1.37. The quantitative estimate of drug-likeness (QED) is 0.764. The van der Waals surface area contributed by atoms with Crippen LogP contribution in [-0.2, 0) is 27.6 Å². The van der Waals surface area contributed by atoms with Gasteiger partial charge < -0.3 is 4.90 Å². The molecule has 0 N–H and O–H groups in total. The van der Waals surface area contributed by atoms with E-state index in [2.05, 4.69) is 4.99 Å². The fourth-order valence-electron chi connectivity index (χ4n) is 3.52. The second-order valence-electron chi connectivity index (χ2n) is 7.01. The van der Waals surface area contributed by atoms with Crippen molar-refractivity contribution in [3.8, 4) is 0 Å². The number of benzene rings is 2. The van der Waals surface area contributed by atoms with Gasteiger partial charge in [0, 0.05) is 11.8 Å². The Morgan fingerprint density at radius 1 is 1.07 bits per heavy atom. The highest BCUT2D eigenvalue weighted by molar-refractivity contribution is 8.15. The lowest BCUT2D eigenvalue weighted by atomic mass is 10.1. The molecule has 2 aliphatic heterocycles. The SMILES string of the molecule is O=C(Cc1ccc(F)cc1)N=C1S[C@H]2CS(=O)(=O)C[C@@H]2N1Cc1ccccc1. The minimum Gasteiger partial charge on any atom is -0.342 e. The van der Waals surface area contributed by atoms with Crippen LogP contribution in [0.5, 0.6) is 0 Å². The van der Waals surface area contributed by atoms with E-state index in [4.69, 9.17) is 0 Å². The number of carbonyl (C=O) groups excluding carboxylic acids is 1. The van der Waals surface area contributed by atoms with Crippen molar-refractivity contribution in [1.82, 2.24) is 4.90 Å². The molecule has 5 nitrogen and oxygen atoms in total. The molecule has 0 aliphatic carbocycles. The zero-order chi connectivity index (χ0) is 19.7. The molecule has 4 rings (SSSR count). The molecule has 0 unspecified atom stereocenters. The van der Waals surface area contributed by atoms with Crippen molar-refractivity contribution < 1.29 is 17.6 Å². The first-order valence-electron chi connectivity index (χ1n) is 8.93. The Balaban J connectivity index is 1.56. The minimum atomic E-state index is -3.07. The van der Waals surface area contributed by atoms with Gasteiger partial charge in [-0.15, -0.1) is 0 Å². The molecule has 0 bridgehead atoms. The summed E-state index contributed by atoms with van der Waals surface area (Å²) in [6.07, 6.45) is 0.0805. The number of nitrogens with zero attached hydrogens (tertiary/aromatic N) is 2. The average Bonchev–Trinajstić information content (AvgIpc) is 3.10. The van der Waals surface area contributed by atoms with Gasteiger partial charge in [0.25, 0.3) is 5.91 Å². The van der Waals surface area contributed by atoms with Gasteiger partial charge in [0.1, 0.15) is 5.82 Å². The monoisotopic (exact) mass is 418 g/mol. The predicted octanol–water partition coefficient (Wildman–Crippen LogP) is 2.67. The molecule has 2 aliphatic rings. The van der Waals surface area contributed by atoms with Gasteiger partial charge in [-0.3, -0.25) is 4.79 Å². The van der Waals surface area contributed by atoms with Crippen molar-refractivity contribution in [1.29, 1.82) is 0 Å². The maximum atomic E-state index is 13.0. The smallest absolute Gasteiger partial charge is 0.252 e. The molecule has 28 heavy (non-hydrogen) atoms. The lowest BCUT2D eigenvalue weighted by Crippen LogP contribution is -2.37. The van der Waals surface area contributed by atoms with E-state index in [1.54, 1.807) is 12.1 Å². The highest BCUT2D eigenvalue weighted by Gasteiger charge is 2.48. The van der Waals surface area contributed by atoms with Gasteiger partial charge >= 0.3 is 0 Å². The van der Waals surface area contributed by atoms with E-state index < -0.39 is 9.84 Å². The standard InChI is InChI=1S/C20H19FN2O3S2/c21-16-8-6-14(7-9-16)10-19(24)22-20-23(11-15-4-2-1-3-5-15)17-12-28(25,26)13-18(17)27-20/h1-9,17-18H,10-13H2/t17-,18-/m0/s1. The van der Waals surface area contributed by atoms with E-state index in [9.17, 15) is 17.6 Å². The fraction of sp³-hybridized carbons (Fsp3) is 0.300. The van der Waals surface area contributed by atoms with Crippen molar-refractivity contribution in [2.24, 2.45) is 4.99 Å². The van der Waals surface area contributed by atoms with Crippen LogP contribution in [0.3, 0.4) is 0 Å². The summed E-state index contributed by atoms with van der Waals surface area (Å²) in [4.78, 5) is 18.7. The first kappa shape index (κ1) is 19.1. The lowest BCUT2D eigenvalue weighted by Gasteiger charge is -2.24. The number of carbonyl (C=O) groups is 1. The van der Waals surface area contributed by atoms with Crippen LogP contribution in [-0.4, -0.2) is 47.2 Å². The second-order valence-corrected chi connectivity index (χ2v) is 10.4. The van der Waals surface area contributed by atoms with Crippen LogP contribution in [0.4, 0.5) is 4.39 Å². The van der Waals surface area contributed by atoms with Gasteiger partial charge in [-0.2, -0.15) is 4.99 Å². The molecular weight excluding hydrogens is 399 g/mol. The van der Waals surface area contributed by atoms with Crippen molar-refractivity contribution in [3.05, 3.63) is 71.5 Å². The number of amides is 1. The van der Waals surface area contributed by atoms with Crippen molar-refractivity contribution in [2.75, 3.05) is 11.5 Å². The summed E-state index contributed by atoms with van der Waals surface area (Å²) < 4.78 is 37.2. The maximum Gasteiger partial charge on any atom is 0.252 e. The molecule has 2 heterocycles. The van der Waals surface area contributed by atoms with Gasteiger partial charge in [-0.25, -0.2) is 12.8 Å². The van der Waals surface area contributed by atoms with E-state index in [1.807, 2.05) is 35.2 Å². The topological polar surface area (TPSA) is 66.8 Å². The number of hydrogen-bond acceptors (Lipinski definition) is 4. The fourth-order valence-corrected chi connectivity index (χ4v) is 7.49. The number of fused-ring (bicyclic) bond motifs is 1. The molecule has 2 aromatic rings. The van der Waals surface area contributed by atoms with Crippen molar-refractivity contribution in [3.63, 3.8) is 0 Å². The number of rotatable bonds is 4. The number of sulfone groups is 1. The number of aliphatic imine (C=N–C) groups is 1. The highest BCUT2D eigenvalue weighted by atomic mass is 32.2. The van der Waals surface area contributed by atoms with Crippen LogP contribution >= 0.6 is 11.8 Å². The number of amidine groups is 1. The normalized spacial score (nSPS) is 24.5. The van der Waals surface area contributed by atoms with Crippen LogP contribution in [0.15, 0.2) is 59.6 Å². The Morgan fingerprint density at radius 3 is 2.50 bits per heavy atom. The molecule has 2 saturated heterocycles. The van der Waals surface area contributed by atoms with Crippen molar-refractivity contribution in [2.45, 2.75) is 24.3 Å². The average molecular weight is 419 g/mol. The molecule has 2 fully saturated rings. The predicted molar refractivity (Wildman–Crippen MR) is 108 cm³/mol. The zero-order valence-corrected chi connectivity index (χ0v) is 16.6. The zero-order valence-electron chi connectivity index (χ0n) is 15.0. The number of thioether (sulfide) groups is 1. The minimum absolute atomic E-state index is 0.0805. The third-order valence-corrected chi connectivity index (χ3v) is 8.11. The Kier molecular flexibility index (Phi) is 5.25. The van der Waals surface area contributed by atoms with Crippen molar-refractivity contribution >= 4 is 32.7 Å². The van der Waals surface area contributed by atoms with Crippen LogP contribution in [0, 0.1) is 5.82 Å². The van der Waals surface area contributed by atoms with E-state index >= 15 is 0 Å². The molecular formula is C20H19FN2O3S2. The highest BCUT2D eigenvalue weighted by Crippen LogP contribution is 2.39. The van der Waals surface area contributed by atoms with Gasteiger partial charge in [0.2, 0.25) is 0 Å². The largest absolute Gasteiger partial charge is 0.342 e. The Hall–Kier alpha value is -2.19. The molecule has 2 atom stereocenters. The molecule has 146 valence electrons.